The van der Waals surface area contributed by atoms with Crippen LogP contribution in [0.15, 0.2) is 12.2 Å². The van der Waals surface area contributed by atoms with Crippen LogP contribution in [0.4, 0.5) is 0 Å². The molecule has 0 aromatic rings. The first-order chi connectivity index (χ1) is 11.4. The van der Waals surface area contributed by atoms with Crippen molar-refractivity contribution in [3.05, 3.63) is 12.2 Å². The number of carbonyl (C=O) groups excluding carboxylic acids is 2. The number of rotatable bonds is 11. The van der Waals surface area contributed by atoms with Crippen molar-refractivity contribution in [1.82, 2.24) is 0 Å². The van der Waals surface area contributed by atoms with Crippen LogP contribution in [-0.4, -0.2) is 53.6 Å². The molecule has 0 saturated heterocycles. The second-order valence-corrected chi connectivity index (χ2v) is 16.5. The molecule has 0 fully saturated rings. The second kappa shape index (κ2) is 10.9. The summed E-state index contributed by atoms with van der Waals surface area (Å²) in [4.78, 5) is 23.2. The maximum absolute atomic E-state index is 11.8. The van der Waals surface area contributed by atoms with Gasteiger partial charge in [-0.3, -0.25) is 0 Å². The average molecular weight is 391 g/mol. The van der Waals surface area contributed by atoms with Gasteiger partial charge in [0.25, 0.3) is 0 Å². The summed E-state index contributed by atoms with van der Waals surface area (Å²) in [5, 5.41) is 0. The van der Waals surface area contributed by atoms with E-state index in [9.17, 15) is 9.59 Å². The molecule has 0 aliphatic rings. The summed E-state index contributed by atoms with van der Waals surface area (Å²) in [6, 6.07) is 0. The van der Waals surface area contributed by atoms with E-state index in [1.165, 1.54) is 0 Å². The van der Waals surface area contributed by atoms with Crippen LogP contribution < -0.4 is 0 Å². The van der Waals surface area contributed by atoms with E-state index in [4.69, 9.17) is 18.3 Å². The van der Waals surface area contributed by atoms with Crippen molar-refractivity contribution in [1.29, 1.82) is 0 Å². The molecule has 0 N–H and O–H groups in total. The van der Waals surface area contributed by atoms with E-state index in [0.717, 1.165) is 18.6 Å². The van der Waals surface area contributed by atoms with Gasteiger partial charge in [0.15, 0.2) is 8.32 Å². The Kier molecular flexibility index (Phi) is 10.5. The van der Waals surface area contributed by atoms with Crippen molar-refractivity contribution in [2.24, 2.45) is 0 Å². The Labute approximate surface area is 154 Å². The first kappa shape index (κ1) is 24.0. The minimum Gasteiger partial charge on any atom is -0.460 e. The van der Waals surface area contributed by atoms with Gasteiger partial charge >= 0.3 is 11.9 Å². The van der Waals surface area contributed by atoms with Gasteiger partial charge in [0.05, 0.1) is 6.10 Å². The summed E-state index contributed by atoms with van der Waals surface area (Å²) in [6.07, 6.45) is 2.80. The lowest BCUT2D eigenvalue weighted by Crippen LogP contribution is -2.54. The van der Waals surface area contributed by atoms with Crippen molar-refractivity contribution in [2.75, 3.05) is 13.2 Å². The van der Waals surface area contributed by atoms with Gasteiger partial charge in [0, 0.05) is 18.8 Å². The lowest BCUT2D eigenvalue weighted by Gasteiger charge is -2.37. The molecule has 0 saturated carbocycles. The molecule has 146 valence electrons. The lowest BCUT2D eigenvalue weighted by atomic mass is 10.4. The van der Waals surface area contributed by atoms with Gasteiger partial charge in [-0.2, -0.15) is 0 Å². The highest BCUT2D eigenvalue weighted by Crippen LogP contribution is 2.20. The Morgan fingerprint density at radius 3 is 2.04 bits per heavy atom. The summed E-state index contributed by atoms with van der Waals surface area (Å²) in [6.45, 7) is 16.8. The number of ether oxygens (including phenoxy) is 3. The third kappa shape index (κ3) is 12.1. The number of hydrogen-bond acceptors (Lipinski definition) is 6. The molecule has 0 aliphatic heterocycles. The standard InChI is InChI=1S/C17H34O6Si2/c1-9-12-20-17(25(7,8)23-24(4,5)6)13-21-15(18)10-11-16(19)22-14(2)3/h10-11,14,17H,9,12-13H2,1-8H3/b11-10+. The molecule has 0 amide bonds. The zero-order valence-corrected chi connectivity index (χ0v) is 18.9. The molecular weight excluding hydrogens is 356 g/mol. The Hall–Kier alpha value is -0.966. The Morgan fingerprint density at radius 2 is 1.56 bits per heavy atom. The molecule has 0 bridgehead atoms. The quantitative estimate of drug-likeness (QED) is 0.306. The van der Waals surface area contributed by atoms with Crippen LogP contribution in [0.5, 0.6) is 0 Å². The average Bonchev–Trinajstić information content (AvgIpc) is 2.41. The van der Waals surface area contributed by atoms with Crippen molar-refractivity contribution in [3.63, 3.8) is 0 Å². The second-order valence-electron chi connectivity index (χ2n) is 7.63. The molecule has 0 radical (unpaired) electrons. The molecule has 6 nitrogen and oxygen atoms in total. The van der Waals surface area contributed by atoms with Crippen molar-refractivity contribution >= 4 is 28.6 Å². The fourth-order valence-electron chi connectivity index (χ4n) is 2.18. The Morgan fingerprint density at radius 1 is 1.00 bits per heavy atom. The molecular formula is C17H34O6Si2. The molecule has 1 unspecified atom stereocenters. The van der Waals surface area contributed by atoms with E-state index in [1.54, 1.807) is 13.8 Å². The lowest BCUT2D eigenvalue weighted by molar-refractivity contribution is -0.143. The molecule has 0 rings (SSSR count). The predicted molar refractivity (Wildman–Crippen MR) is 103 cm³/mol. The Balaban J connectivity index is 4.74. The van der Waals surface area contributed by atoms with Gasteiger partial charge in [-0.1, -0.05) is 6.92 Å². The fourth-order valence-corrected chi connectivity index (χ4v) is 10.0. The van der Waals surface area contributed by atoms with Crippen LogP contribution in [0.25, 0.3) is 0 Å². The third-order valence-corrected chi connectivity index (χ3v) is 9.39. The zero-order chi connectivity index (χ0) is 19.7. The van der Waals surface area contributed by atoms with Crippen LogP contribution in [0.3, 0.4) is 0 Å². The predicted octanol–water partition coefficient (Wildman–Crippen LogP) is 3.43. The van der Waals surface area contributed by atoms with E-state index in [0.29, 0.717) is 6.61 Å². The summed E-state index contributed by atoms with van der Waals surface area (Å²) in [5.74, 6) is -1.16. The molecule has 0 aromatic heterocycles. The maximum Gasteiger partial charge on any atom is 0.331 e. The minimum absolute atomic E-state index is 0.117. The topological polar surface area (TPSA) is 71.1 Å². The maximum atomic E-state index is 11.8. The zero-order valence-electron chi connectivity index (χ0n) is 16.9. The normalized spacial score (nSPS) is 14.0. The molecule has 0 heterocycles. The third-order valence-electron chi connectivity index (χ3n) is 2.95. The van der Waals surface area contributed by atoms with E-state index in [-0.39, 0.29) is 18.4 Å². The first-order valence-electron chi connectivity index (χ1n) is 8.74. The monoisotopic (exact) mass is 390 g/mol. The van der Waals surface area contributed by atoms with Crippen LogP contribution in [0.2, 0.25) is 32.7 Å². The van der Waals surface area contributed by atoms with Crippen LogP contribution >= 0.6 is 0 Å². The van der Waals surface area contributed by atoms with E-state index < -0.39 is 28.6 Å². The van der Waals surface area contributed by atoms with Gasteiger partial charge < -0.3 is 18.3 Å². The van der Waals surface area contributed by atoms with Gasteiger partial charge in [-0.25, -0.2) is 9.59 Å². The first-order valence-corrected chi connectivity index (χ1v) is 15.1. The molecule has 0 aromatic carbocycles. The molecule has 1 atom stereocenters. The Bertz CT molecular complexity index is 455. The highest BCUT2D eigenvalue weighted by Gasteiger charge is 2.39. The van der Waals surface area contributed by atoms with Gasteiger partial charge in [-0.15, -0.1) is 0 Å². The smallest absolute Gasteiger partial charge is 0.331 e. The summed E-state index contributed by atoms with van der Waals surface area (Å²) in [5.41, 5.74) is -0.251. The van der Waals surface area contributed by atoms with Gasteiger partial charge in [0.2, 0.25) is 8.32 Å². The molecule has 0 aliphatic carbocycles. The van der Waals surface area contributed by atoms with Gasteiger partial charge in [-0.05, 0) is 53.0 Å². The molecule has 25 heavy (non-hydrogen) atoms. The van der Waals surface area contributed by atoms with E-state index >= 15 is 0 Å². The summed E-state index contributed by atoms with van der Waals surface area (Å²) in [7, 11) is -3.92. The van der Waals surface area contributed by atoms with Gasteiger partial charge in [0.1, 0.15) is 12.3 Å². The summed E-state index contributed by atoms with van der Waals surface area (Å²) >= 11 is 0. The van der Waals surface area contributed by atoms with E-state index in [2.05, 4.69) is 32.7 Å². The SMILES string of the molecule is CCCOC(COC(=O)/C=C/C(=O)OC(C)C)[Si](C)(C)O[Si](C)(C)C. The molecule has 8 heteroatoms. The van der Waals surface area contributed by atoms with E-state index in [1.807, 2.05) is 6.92 Å². The highest BCUT2D eigenvalue weighted by molar-refractivity contribution is 6.84. The van der Waals surface area contributed by atoms with Crippen molar-refractivity contribution < 1.29 is 27.9 Å². The van der Waals surface area contributed by atoms with Crippen LogP contribution in [0, 0.1) is 0 Å². The fraction of sp³-hybridized carbons (Fsp3) is 0.765. The minimum atomic E-state index is -2.19. The van der Waals surface area contributed by atoms with Crippen molar-refractivity contribution in [3.8, 4) is 0 Å². The largest absolute Gasteiger partial charge is 0.460 e. The number of carbonyl (C=O) groups is 2. The molecule has 0 spiro atoms. The number of esters is 2. The summed E-state index contributed by atoms with van der Waals surface area (Å²) < 4.78 is 22.4. The highest BCUT2D eigenvalue weighted by atomic mass is 28.4. The van der Waals surface area contributed by atoms with Crippen LogP contribution in [0.1, 0.15) is 27.2 Å². The van der Waals surface area contributed by atoms with Crippen molar-refractivity contribution in [2.45, 2.75) is 71.8 Å². The van der Waals surface area contributed by atoms with Crippen LogP contribution in [-0.2, 0) is 27.9 Å². The number of hydrogen-bond donors (Lipinski definition) is 0.